The van der Waals surface area contributed by atoms with E-state index >= 15 is 0 Å². The van der Waals surface area contributed by atoms with E-state index in [1.807, 2.05) is 11.3 Å². The van der Waals surface area contributed by atoms with Crippen molar-refractivity contribution in [2.24, 2.45) is 0 Å². The van der Waals surface area contributed by atoms with Gasteiger partial charge in [-0.2, -0.15) is 0 Å². The fourth-order valence-corrected chi connectivity index (χ4v) is 12.0. The molecule has 0 aliphatic carbocycles. The van der Waals surface area contributed by atoms with E-state index in [2.05, 4.69) is 288 Å². The molecule has 0 N–H and O–H groups in total. The third-order valence-corrected chi connectivity index (χ3v) is 16.3. The van der Waals surface area contributed by atoms with Crippen LogP contribution in [-0.4, -0.2) is 4.57 Å². The Morgan fingerprint density at radius 3 is 1.45 bits per heavy atom. The van der Waals surface area contributed by atoms with Crippen molar-refractivity contribution >= 4 is 76.5 Å². The molecule has 0 spiro atoms. The fraction of sp³-hybridized carbons (Fsp3) is 0.275. The van der Waals surface area contributed by atoms with Crippen LogP contribution in [-0.2, 0) is 21.7 Å². The summed E-state index contributed by atoms with van der Waals surface area (Å²) in [5.74, 6) is 0. The zero-order valence-corrected chi connectivity index (χ0v) is 46.7. The van der Waals surface area contributed by atoms with E-state index < -0.39 is 0 Å². The van der Waals surface area contributed by atoms with E-state index in [1.165, 1.54) is 81.4 Å². The molecule has 73 heavy (non-hydrogen) atoms. The van der Waals surface area contributed by atoms with Crippen LogP contribution in [0.5, 0.6) is 0 Å². The first-order valence-corrected chi connectivity index (χ1v) is 27.0. The van der Waals surface area contributed by atoms with Crippen LogP contribution in [0.4, 0.5) is 34.1 Å². The van der Waals surface area contributed by atoms with E-state index in [0.29, 0.717) is 0 Å². The molecule has 10 aromatic rings. The standard InChI is InChI=1S/C69H73N3S/c1-44-41-52(69(13,14)15)31-39-58(44)71(54-34-27-50(28-35-54)67(7,8)9)60-42-48(47-21-17-16-18-22-47)43-61(45(60)2)72(55-36-29-51(30-37-55)68(10,11)12)64-46(3)70(53-32-25-49(26-33-53)66(4,5)6)59-40-38-57-56-23-19-20-24-62(56)73-65(57)63(59)64/h16-43H,1-15H3. The van der Waals surface area contributed by atoms with Gasteiger partial charge in [-0.15, -0.1) is 11.3 Å². The van der Waals surface area contributed by atoms with Crippen molar-refractivity contribution in [1.82, 2.24) is 4.57 Å². The first kappa shape index (κ1) is 49.7. The van der Waals surface area contributed by atoms with Gasteiger partial charge in [0, 0.05) is 54.0 Å². The van der Waals surface area contributed by atoms with Crippen molar-refractivity contribution < 1.29 is 0 Å². The highest BCUT2D eigenvalue weighted by molar-refractivity contribution is 7.26. The summed E-state index contributed by atoms with van der Waals surface area (Å²) in [6.45, 7) is 34.6. The van der Waals surface area contributed by atoms with Gasteiger partial charge in [0.05, 0.1) is 22.6 Å². The third-order valence-electron chi connectivity index (χ3n) is 15.1. The van der Waals surface area contributed by atoms with Gasteiger partial charge >= 0.3 is 0 Å². The van der Waals surface area contributed by atoms with E-state index in [0.717, 1.165) is 39.7 Å². The number of fused-ring (bicyclic) bond motifs is 5. The summed E-state index contributed by atoms with van der Waals surface area (Å²) in [5.41, 5.74) is 20.4. The van der Waals surface area contributed by atoms with Gasteiger partial charge in [-0.05, 0) is 154 Å². The number of hydrogen-bond donors (Lipinski definition) is 0. The monoisotopic (exact) mass is 976 g/mol. The summed E-state index contributed by atoms with van der Waals surface area (Å²) in [6.07, 6.45) is 0. The molecule has 0 unspecified atom stereocenters. The molecule has 370 valence electrons. The van der Waals surface area contributed by atoms with E-state index in [1.54, 1.807) is 0 Å². The van der Waals surface area contributed by atoms with Crippen LogP contribution in [0.3, 0.4) is 0 Å². The molecule has 0 fully saturated rings. The molecule has 0 saturated heterocycles. The summed E-state index contributed by atoms with van der Waals surface area (Å²) in [5, 5.41) is 3.83. The van der Waals surface area contributed by atoms with Crippen LogP contribution in [0, 0.1) is 20.8 Å². The van der Waals surface area contributed by atoms with Crippen LogP contribution >= 0.6 is 11.3 Å². The van der Waals surface area contributed by atoms with Crippen LogP contribution < -0.4 is 9.80 Å². The Hall–Kier alpha value is -6.88. The number of thiophene rings is 1. The molecule has 0 radical (unpaired) electrons. The highest BCUT2D eigenvalue weighted by atomic mass is 32.1. The maximum Gasteiger partial charge on any atom is 0.0765 e. The molecule has 0 bridgehead atoms. The average Bonchev–Trinajstić information content (AvgIpc) is 3.87. The third kappa shape index (κ3) is 9.18. The number of nitrogens with zero attached hydrogens (tertiary/aromatic N) is 3. The number of rotatable bonds is 8. The van der Waals surface area contributed by atoms with Crippen LogP contribution in [0.15, 0.2) is 170 Å². The van der Waals surface area contributed by atoms with Crippen molar-refractivity contribution in [3.8, 4) is 16.8 Å². The van der Waals surface area contributed by atoms with Gasteiger partial charge in [0.15, 0.2) is 0 Å². The molecule has 0 saturated carbocycles. The lowest BCUT2D eigenvalue weighted by Gasteiger charge is -2.34. The molecule has 2 aromatic heterocycles. The smallest absolute Gasteiger partial charge is 0.0765 e. The van der Waals surface area contributed by atoms with E-state index in [9.17, 15) is 0 Å². The minimum atomic E-state index is -0.0164. The minimum Gasteiger partial charge on any atom is -0.312 e. The van der Waals surface area contributed by atoms with Crippen LogP contribution in [0.1, 0.15) is 122 Å². The second-order valence-corrected chi connectivity index (χ2v) is 25.6. The Bertz CT molecular complexity index is 3650. The molecule has 0 amide bonds. The summed E-state index contributed by atoms with van der Waals surface area (Å²) >= 11 is 1.91. The number of anilines is 6. The lowest BCUT2D eigenvalue weighted by Crippen LogP contribution is -2.19. The Morgan fingerprint density at radius 1 is 0.411 bits per heavy atom. The highest BCUT2D eigenvalue weighted by Crippen LogP contribution is 2.53. The van der Waals surface area contributed by atoms with Gasteiger partial charge in [-0.3, -0.25) is 0 Å². The van der Waals surface area contributed by atoms with Gasteiger partial charge in [0.25, 0.3) is 0 Å². The second-order valence-electron chi connectivity index (χ2n) is 24.5. The molecule has 3 nitrogen and oxygen atoms in total. The van der Waals surface area contributed by atoms with Gasteiger partial charge in [0.1, 0.15) is 0 Å². The van der Waals surface area contributed by atoms with Crippen LogP contribution in [0.25, 0.3) is 47.9 Å². The summed E-state index contributed by atoms with van der Waals surface area (Å²) < 4.78 is 5.10. The van der Waals surface area contributed by atoms with E-state index in [-0.39, 0.29) is 21.7 Å². The Labute approximate surface area is 439 Å². The SMILES string of the molecule is Cc1cc(C(C)(C)C)ccc1N(c1ccc(C(C)(C)C)cc1)c1cc(-c2ccccc2)cc(N(c2ccc(C(C)(C)C)cc2)c2c(C)n(-c3ccc(C(C)(C)C)cc3)c3ccc4c5ccccc5sc4c23)c1C. The minimum absolute atomic E-state index is 0.00727. The maximum atomic E-state index is 2.61. The van der Waals surface area contributed by atoms with Gasteiger partial charge in [0.2, 0.25) is 0 Å². The Balaban J connectivity index is 1.34. The zero-order chi connectivity index (χ0) is 51.9. The first-order valence-electron chi connectivity index (χ1n) is 26.2. The van der Waals surface area contributed by atoms with Crippen molar-refractivity contribution in [3.63, 3.8) is 0 Å². The van der Waals surface area contributed by atoms with Crippen molar-refractivity contribution in [3.05, 3.63) is 209 Å². The number of aryl methyl sites for hydroxylation is 1. The van der Waals surface area contributed by atoms with Crippen molar-refractivity contribution in [2.75, 3.05) is 9.80 Å². The molecule has 0 aliphatic rings. The number of benzene rings is 8. The van der Waals surface area contributed by atoms with E-state index in [4.69, 9.17) is 0 Å². The largest absolute Gasteiger partial charge is 0.312 e. The van der Waals surface area contributed by atoms with Gasteiger partial charge in [-0.1, -0.05) is 186 Å². The zero-order valence-electron chi connectivity index (χ0n) is 45.9. The molecule has 4 heteroatoms. The molecule has 0 aliphatic heterocycles. The molecular formula is C69H73N3S. The van der Waals surface area contributed by atoms with Crippen molar-refractivity contribution in [1.29, 1.82) is 0 Å². The predicted molar refractivity (Wildman–Crippen MR) is 320 cm³/mol. The second kappa shape index (κ2) is 18.3. The Morgan fingerprint density at radius 2 is 0.904 bits per heavy atom. The number of aromatic nitrogens is 1. The average molecular weight is 976 g/mol. The van der Waals surface area contributed by atoms with Gasteiger partial charge in [-0.25, -0.2) is 0 Å². The molecule has 0 atom stereocenters. The molecule has 2 heterocycles. The summed E-state index contributed by atoms with van der Waals surface area (Å²) in [4.78, 5) is 5.13. The van der Waals surface area contributed by atoms with Crippen molar-refractivity contribution in [2.45, 2.75) is 126 Å². The summed E-state index contributed by atoms with van der Waals surface area (Å²) in [6, 6.07) is 64.6. The topological polar surface area (TPSA) is 11.4 Å². The molecule has 8 aromatic carbocycles. The highest BCUT2D eigenvalue weighted by Gasteiger charge is 2.31. The summed E-state index contributed by atoms with van der Waals surface area (Å²) in [7, 11) is 0. The molecular weight excluding hydrogens is 903 g/mol. The fourth-order valence-electron chi connectivity index (χ4n) is 10.7. The van der Waals surface area contributed by atoms with Gasteiger partial charge < -0.3 is 14.4 Å². The lowest BCUT2D eigenvalue weighted by atomic mass is 9.85. The van der Waals surface area contributed by atoms with Crippen LogP contribution in [0.2, 0.25) is 0 Å². The number of hydrogen-bond acceptors (Lipinski definition) is 3. The lowest BCUT2D eigenvalue weighted by molar-refractivity contribution is 0.589. The first-order chi connectivity index (χ1) is 34.5. The Kier molecular flexibility index (Phi) is 12.4. The maximum absolute atomic E-state index is 2.61. The quantitative estimate of drug-likeness (QED) is 0.150. The normalized spacial score (nSPS) is 12.6. The predicted octanol–water partition coefficient (Wildman–Crippen LogP) is 20.7. The molecule has 10 rings (SSSR count).